The summed E-state index contributed by atoms with van der Waals surface area (Å²) in [5, 5.41) is 4.26. The fourth-order valence-corrected chi connectivity index (χ4v) is 2.03. The van der Waals surface area contributed by atoms with Gasteiger partial charge in [0.2, 0.25) is 5.88 Å². The zero-order chi connectivity index (χ0) is 21.3. The van der Waals surface area contributed by atoms with Gasteiger partial charge in [-0.2, -0.15) is 5.10 Å². The second-order valence-electron chi connectivity index (χ2n) is 6.76. The molecule has 0 N–H and O–H groups in total. The first-order valence-corrected chi connectivity index (χ1v) is 7.98. The third-order valence-corrected chi connectivity index (χ3v) is 3.37. The lowest BCUT2D eigenvalue weighted by atomic mass is 9.92. The van der Waals surface area contributed by atoms with Crippen LogP contribution in [0.25, 0.3) is 0 Å². The molecule has 2 aromatic rings. The van der Waals surface area contributed by atoms with Crippen molar-refractivity contribution in [2.24, 2.45) is 5.41 Å². The molecular formula is C19H26F2N2O. The van der Waals surface area contributed by atoms with Crippen molar-refractivity contribution in [2.45, 2.75) is 60.0 Å². The predicted molar refractivity (Wildman–Crippen MR) is 91.0 cm³/mol. The van der Waals surface area contributed by atoms with Crippen molar-refractivity contribution in [2.75, 3.05) is 0 Å². The van der Waals surface area contributed by atoms with Crippen LogP contribution in [0, 0.1) is 17.0 Å². The van der Waals surface area contributed by atoms with E-state index < -0.39 is 30.1 Å². The average molecular weight is 340 g/mol. The Bertz CT molecular complexity index is 832. The molecule has 5 heteroatoms. The Hall–Kier alpha value is -1.91. The first kappa shape index (κ1) is 13.4. The summed E-state index contributed by atoms with van der Waals surface area (Å²) in [5.74, 6) is -1.75. The fourth-order valence-electron chi connectivity index (χ4n) is 2.03. The fraction of sp³-hybridized carbons (Fsp3) is 0.526. The largest absolute Gasteiger partial charge is 0.473 e. The summed E-state index contributed by atoms with van der Waals surface area (Å²) in [5.41, 5.74) is -0.508. The molecule has 0 bridgehead atoms. The predicted octanol–water partition coefficient (Wildman–Crippen LogP) is 5.13. The molecule has 1 heterocycles. The zero-order valence-electron chi connectivity index (χ0n) is 18.5. The molecule has 132 valence electrons. The lowest BCUT2D eigenvalue weighted by molar-refractivity contribution is 0.254. The van der Waals surface area contributed by atoms with E-state index in [9.17, 15) is 8.78 Å². The van der Waals surface area contributed by atoms with Gasteiger partial charge >= 0.3 is 0 Å². The molecule has 0 spiro atoms. The van der Waals surface area contributed by atoms with Gasteiger partial charge in [-0.3, -0.25) is 0 Å². The van der Waals surface area contributed by atoms with Crippen molar-refractivity contribution in [3.05, 3.63) is 47.2 Å². The Labute approximate surface area is 148 Å². The highest BCUT2D eigenvalue weighted by Crippen LogP contribution is 2.23. The second kappa shape index (κ2) is 7.77. The number of ether oxygens (including phenoxy) is 1. The van der Waals surface area contributed by atoms with Gasteiger partial charge < -0.3 is 4.74 Å². The number of rotatable bonds is 7. The van der Waals surface area contributed by atoms with Crippen LogP contribution < -0.4 is 4.74 Å². The third-order valence-electron chi connectivity index (χ3n) is 3.37. The second-order valence-corrected chi connectivity index (χ2v) is 6.76. The molecule has 1 aromatic heterocycles. The monoisotopic (exact) mass is 340 g/mol. The quantitative estimate of drug-likeness (QED) is 0.699. The van der Waals surface area contributed by atoms with E-state index >= 15 is 0 Å². The maximum absolute atomic E-state index is 14.1. The Balaban J connectivity index is 2.42. The molecule has 0 atom stereocenters. The number of hydrogen-bond acceptors (Lipinski definition) is 2. The van der Waals surface area contributed by atoms with Crippen LogP contribution >= 0.6 is 0 Å². The van der Waals surface area contributed by atoms with Crippen LogP contribution in [-0.2, 0) is 19.5 Å². The van der Waals surface area contributed by atoms with Gasteiger partial charge in [0, 0.05) is 20.9 Å². The highest BCUT2D eigenvalue weighted by molar-refractivity contribution is 5.20. The van der Waals surface area contributed by atoms with Gasteiger partial charge in [-0.15, -0.1) is 0 Å². The normalized spacial score (nSPS) is 15.4. The van der Waals surface area contributed by atoms with Crippen LogP contribution in [0.5, 0.6) is 5.88 Å². The van der Waals surface area contributed by atoms with Gasteiger partial charge in [-0.05, 0) is 36.4 Å². The number of hydrogen-bond donors (Lipinski definition) is 0. The van der Waals surface area contributed by atoms with Crippen molar-refractivity contribution in [1.29, 1.82) is 0 Å². The Morgan fingerprint density at radius 1 is 1.25 bits per heavy atom. The molecular weight excluding hydrogens is 310 g/mol. The van der Waals surface area contributed by atoms with Gasteiger partial charge in [0.25, 0.3) is 0 Å². The topological polar surface area (TPSA) is 27.1 Å². The Morgan fingerprint density at radius 3 is 2.67 bits per heavy atom. The smallest absolute Gasteiger partial charge is 0.212 e. The van der Waals surface area contributed by atoms with E-state index in [2.05, 4.69) is 5.10 Å². The van der Waals surface area contributed by atoms with Crippen molar-refractivity contribution in [3.63, 3.8) is 0 Å². The Kier molecular flexibility index (Phi) is 4.34. The molecule has 0 fully saturated rings. The summed E-state index contributed by atoms with van der Waals surface area (Å²) >= 11 is 0. The summed E-state index contributed by atoms with van der Waals surface area (Å²) in [7, 11) is 0. The van der Waals surface area contributed by atoms with E-state index in [1.165, 1.54) is 10.7 Å². The van der Waals surface area contributed by atoms with Crippen molar-refractivity contribution in [1.82, 2.24) is 9.78 Å². The highest BCUT2D eigenvalue weighted by Gasteiger charge is 2.15. The number of nitrogens with zero attached hydrogens (tertiary/aromatic N) is 2. The molecule has 0 aliphatic carbocycles. The molecule has 0 saturated heterocycles. The van der Waals surface area contributed by atoms with Crippen LogP contribution in [0.4, 0.5) is 8.78 Å². The van der Waals surface area contributed by atoms with Crippen molar-refractivity contribution >= 4 is 0 Å². The number of benzene rings is 1. The van der Waals surface area contributed by atoms with E-state index in [1.807, 2.05) is 20.8 Å². The van der Waals surface area contributed by atoms with Gasteiger partial charge in [0.05, 0.1) is 8.44 Å². The molecule has 3 nitrogen and oxygen atoms in total. The maximum atomic E-state index is 14.1. The molecule has 0 unspecified atom stereocenters. The number of halogens is 2. The zero-order valence-corrected chi connectivity index (χ0v) is 14.5. The van der Waals surface area contributed by atoms with E-state index in [0.29, 0.717) is 13.0 Å². The van der Waals surface area contributed by atoms with Crippen LogP contribution in [0.15, 0.2) is 24.3 Å². The minimum absolute atomic E-state index is 0.0368. The first-order chi connectivity index (χ1) is 12.7. The third kappa shape index (κ3) is 5.32. The Morgan fingerprint density at radius 2 is 2.00 bits per heavy atom. The summed E-state index contributed by atoms with van der Waals surface area (Å²) in [6.07, 6.45) is -0.868. The molecule has 0 amide bonds. The molecule has 2 rings (SSSR count). The molecule has 1 aromatic carbocycles. The van der Waals surface area contributed by atoms with E-state index in [4.69, 9.17) is 10.2 Å². The average Bonchev–Trinajstić information content (AvgIpc) is 2.97. The number of aryl methyl sites for hydroxylation is 2. The first-order valence-electron chi connectivity index (χ1n) is 9.98. The number of aromatic nitrogens is 2. The maximum Gasteiger partial charge on any atom is 0.212 e. The highest BCUT2D eigenvalue weighted by atomic mass is 19.1. The van der Waals surface area contributed by atoms with Gasteiger partial charge in [0.15, 0.2) is 0 Å². The SMILES string of the molecule is [2H]C([2H])(CC)c1cc(OC([2H])([2H])c2cc(F)ccc2F)n(CCC(C)(C)C)n1. The summed E-state index contributed by atoms with van der Waals surface area (Å²) < 4.78 is 66.7. The molecule has 0 saturated carbocycles. The van der Waals surface area contributed by atoms with E-state index in [0.717, 1.165) is 18.2 Å². The van der Waals surface area contributed by atoms with E-state index in [1.54, 1.807) is 6.92 Å². The van der Waals surface area contributed by atoms with Crippen LogP contribution in [0.3, 0.4) is 0 Å². The van der Waals surface area contributed by atoms with E-state index in [-0.39, 0.29) is 23.4 Å². The van der Waals surface area contributed by atoms with Crippen molar-refractivity contribution in [3.8, 4) is 5.88 Å². The molecule has 0 aliphatic rings. The van der Waals surface area contributed by atoms with Gasteiger partial charge in [-0.1, -0.05) is 34.1 Å². The standard InChI is InChI=1S/C19H26F2N2O/c1-5-6-16-12-18(23(22-16)10-9-19(2,3)4)24-13-14-11-15(20)7-8-17(14)21/h7-8,11-12H,5-6,9-10,13H2,1-4H3/i6D2,13D2. The molecule has 0 aliphatic heterocycles. The minimum Gasteiger partial charge on any atom is -0.473 e. The minimum atomic E-state index is -2.66. The van der Waals surface area contributed by atoms with Crippen LogP contribution in [0.1, 0.15) is 57.3 Å². The molecule has 0 radical (unpaired) electrons. The van der Waals surface area contributed by atoms with Crippen LogP contribution in [-0.4, -0.2) is 9.78 Å². The van der Waals surface area contributed by atoms with Gasteiger partial charge in [0.1, 0.15) is 18.2 Å². The lowest BCUT2D eigenvalue weighted by Gasteiger charge is -2.18. The summed E-state index contributed by atoms with van der Waals surface area (Å²) in [4.78, 5) is 0. The molecule has 24 heavy (non-hydrogen) atoms. The lowest BCUT2D eigenvalue weighted by Crippen LogP contribution is -2.13. The van der Waals surface area contributed by atoms with Crippen molar-refractivity contribution < 1.29 is 19.0 Å². The van der Waals surface area contributed by atoms with Gasteiger partial charge in [-0.25, -0.2) is 13.5 Å². The summed E-state index contributed by atoms with van der Waals surface area (Å²) in [6.45, 7) is 5.47. The van der Waals surface area contributed by atoms with Crippen LogP contribution in [0.2, 0.25) is 0 Å². The summed E-state index contributed by atoms with van der Waals surface area (Å²) in [6, 6.07) is 3.80.